The lowest BCUT2D eigenvalue weighted by Gasteiger charge is -2.18. The highest BCUT2D eigenvalue weighted by Gasteiger charge is 2.21. The van der Waals surface area contributed by atoms with E-state index in [4.69, 9.17) is 11.6 Å². The minimum absolute atomic E-state index is 0.0506. The van der Waals surface area contributed by atoms with Crippen molar-refractivity contribution < 1.29 is 9.59 Å². The number of rotatable bonds is 6. The molecule has 1 saturated heterocycles. The number of amides is 2. The molecule has 0 saturated carbocycles. The van der Waals surface area contributed by atoms with E-state index in [9.17, 15) is 9.59 Å². The summed E-state index contributed by atoms with van der Waals surface area (Å²) in [6, 6.07) is 13.1. The van der Waals surface area contributed by atoms with Crippen LogP contribution in [0.15, 0.2) is 47.4 Å². The van der Waals surface area contributed by atoms with Gasteiger partial charge >= 0.3 is 0 Å². The minimum Gasteiger partial charge on any atom is -0.339 e. The van der Waals surface area contributed by atoms with Gasteiger partial charge in [-0.2, -0.15) is 0 Å². The van der Waals surface area contributed by atoms with Gasteiger partial charge in [-0.3, -0.25) is 9.59 Å². The van der Waals surface area contributed by atoms with Gasteiger partial charge in [-0.25, -0.2) is 0 Å². The van der Waals surface area contributed by atoms with Crippen LogP contribution in [-0.4, -0.2) is 35.6 Å². The molecule has 1 N–H and O–H groups in total. The fourth-order valence-electron chi connectivity index (χ4n) is 3.10. The molecule has 6 heteroatoms. The van der Waals surface area contributed by atoms with Crippen LogP contribution in [0.5, 0.6) is 0 Å². The average Bonchev–Trinajstić information content (AvgIpc) is 3.19. The Kier molecular flexibility index (Phi) is 6.80. The Labute approximate surface area is 169 Å². The summed E-state index contributed by atoms with van der Waals surface area (Å²) >= 11 is 7.49. The summed E-state index contributed by atoms with van der Waals surface area (Å²) in [6.45, 7) is 3.52. The van der Waals surface area contributed by atoms with Gasteiger partial charge in [0.05, 0.1) is 0 Å². The van der Waals surface area contributed by atoms with E-state index in [2.05, 4.69) is 5.32 Å². The van der Waals surface area contributed by atoms with Gasteiger partial charge < -0.3 is 10.2 Å². The van der Waals surface area contributed by atoms with Crippen molar-refractivity contribution >= 4 is 40.9 Å². The summed E-state index contributed by atoms with van der Waals surface area (Å²) in [4.78, 5) is 27.9. The molecule has 0 radical (unpaired) electrons. The van der Waals surface area contributed by atoms with Crippen molar-refractivity contribution in [1.82, 2.24) is 4.90 Å². The van der Waals surface area contributed by atoms with Crippen molar-refractivity contribution in [3.63, 3.8) is 0 Å². The summed E-state index contributed by atoms with van der Waals surface area (Å²) in [5.41, 5.74) is 2.21. The number of halogens is 1. The number of benzene rings is 2. The SMILES string of the molecule is Cc1c(NC(=O)CCSc2ccc(Cl)cc2)cccc1C(=O)N1CCCC1. The number of carbonyl (C=O) groups excluding carboxylic acids is 2. The molecule has 1 heterocycles. The maximum absolute atomic E-state index is 12.7. The predicted octanol–water partition coefficient (Wildman–Crippen LogP) is 5.01. The molecular weight excluding hydrogens is 380 g/mol. The van der Waals surface area contributed by atoms with E-state index in [1.165, 1.54) is 0 Å². The normalized spacial score (nSPS) is 13.6. The van der Waals surface area contributed by atoms with E-state index in [1.54, 1.807) is 11.8 Å². The zero-order chi connectivity index (χ0) is 19.2. The molecule has 3 rings (SSSR count). The van der Waals surface area contributed by atoms with Crippen molar-refractivity contribution in [3.05, 3.63) is 58.6 Å². The maximum Gasteiger partial charge on any atom is 0.254 e. The lowest BCUT2D eigenvalue weighted by Crippen LogP contribution is -2.28. The highest BCUT2D eigenvalue weighted by Crippen LogP contribution is 2.24. The molecule has 0 aromatic heterocycles. The monoisotopic (exact) mass is 402 g/mol. The summed E-state index contributed by atoms with van der Waals surface area (Å²) in [6.07, 6.45) is 2.52. The molecule has 1 aliphatic heterocycles. The minimum atomic E-state index is -0.0506. The van der Waals surface area contributed by atoms with Gasteiger partial charge in [-0.15, -0.1) is 11.8 Å². The van der Waals surface area contributed by atoms with Crippen molar-refractivity contribution in [3.8, 4) is 0 Å². The van der Waals surface area contributed by atoms with Crippen molar-refractivity contribution in [2.24, 2.45) is 0 Å². The number of nitrogens with zero attached hydrogens (tertiary/aromatic N) is 1. The first kappa shape index (κ1) is 19.8. The Morgan fingerprint density at radius 3 is 2.52 bits per heavy atom. The molecule has 2 aromatic rings. The molecule has 0 unspecified atom stereocenters. The van der Waals surface area contributed by atoms with Gasteiger partial charge in [-0.1, -0.05) is 17.7 Å². The van der Waals surface area contributed by atoms with Crippen molar-refractivity contribution in [2.45, 2.75) is 31.1 Å². The third-order valence-corrected chi connectivity index (χ3v) is 5.91. The molecule has 0 atom stereocenters. The van der Waals surface area contributed by atoms with Gasteiger partial charge in [0.1, 0.15) is 0 Å². The topological polar surface area (TPSA) is 49.4 Å². The van der Waals surface area contributed by atoms with Gasteiger partial charge in [0, 0.05) is 46.4 Å². The Hall–Kier alpha value is -1.98. The Morgan fingerprint density at radius 1 is 1.11 bits per heavy atom. The van der Waals surface area contributed by atoms with Gasteiger partial charge in [0.25, 0.3) is 5.91 Å². The third kappa shape index (κ3) is 5.27. The van der Waals surface area contributed by atoms with Crippen LogP contribution in [0.1, 0.15) is 35.2 Å². The highest BCUT2D eigenvalue weighted by atomic mass is 35.5. The van der Waals surface area contributed by atoms with Gasteiger partial charge in [0.15, 0.2) is 0 Å². The fourth-order valence-corrected chi connectivity index (χ4v) is 4.08. The molecule has 1 aliphatic rings. The maximum atomic E-state index is 12.7. The van der Waals surface area contributed by atoms with E-state index >= 15 is 0 Å². The first-order valence-electron chi connectivity index (χ1n) is 9.12. The van der Waals surface area contributed by atoms with E-state index in [0.29, 0.717) is 28.4 Å². The lowest BCUT2D eigenvalue weighted by molar-refractivity contribution is -0.115. The van der Waals surface area contributed by atoms with E-state index in [1.807, 2.05) is 54.3 Å². The number of nitrogens with one attached hydrogen (secondary N) is 1. The molecular formula is C21H23ClN2O2S. The third-order valence-electron chi connectivity index (χ3n) is 4.64. The number of hydrogen-bond acceptors (Lipinski definition) is 3. The number of thioether (sulfide) groups is 1. The Morgan fingerprint density at radius 2 is 1.81 bits per heavy atom. The summed E-state index contributed by atoms with van der Waals surface area (Å²) in [7, 11) is 0. The van der Waals surface area contributed by atoms with Crippen LogP contribution >= 0.6 is 23.4 Å². The first-order valence-corrected chi connectivity index (χ1v) is 10.5. The number of likely N-dealkylation sites (tertiary alicyclic amines) is 1. The largest absolute Gasteiger partial charge is 0.339 e. The molecule has 4 nitrogen and oxygen atoms in total. The average molecular weight is 403 g/mol. The van der Waals surface area contributed by atoms with Crippen LogP contribution in [0.3, 0.4) is 0 Å². The molecule has 0 spiro atoms. The van der Waals surface area contributed by atoms with E-state index in [0.717, 1.165) is 36.4 Å². The highest BCUT2D eigenvalue weighted by molar-refractivity contribution is 7.99. The molecule has 0 aliphatic carbocycles. The smallest absolute Gasteiger partial charge is 0.254 e. The zero-order valence-corrected chi connectivity index (χ0v) is 16.9. The van der Waals surface area contributed by atoms with Crippen LogP contribution in [0.2, 0.25) is 5.02 Å². The van der Waals surface area contributed by atoms with Crippen LogP contribution in [0, 0.1) is 6.92 Å². The molecule has 142 valence electrons. The van der Waals surface area contributed by atoms with Crippen LogP contribution in [0.25, 0.3) is 0 Å². The molecule has 1 fully saturated rings. The number of hydrogen-bond donors (Lipinski definition) is 1. The fraction of sp³-hybridized carbons (Fsp3) is 0.333. The number of anilines is 1. The Balaban J connectivity index is 1.56. The van der Waals surface area contributed by atoms with Gasteiger partial charge in [0.2, 0.25) is 5.91 Å². The van der Waals surface area contributed by atoms with Crippen LogP contribution in [-0.2, 0) is 4.79 Å². The summed E-state index contributed by atoms with van der Waals surface area (Å²) in [5.74, 6) is 0.684. The van der Waals surface area contributed by atoms with Crippen LogP contribution < -0.4 is 5.32 Å². The summed E-state index contributed by atoms with van der Waals surface area (Å²) in [5, 5.41) is 3.65. The second-order valence-corrected chi connectivity index (χ2v) is 8.18. The number of carbonyl (C=O) groups is 2. The standard InChI is InChI=1S/C21H23ClN2O2S/c1-15-18(21(26)24-12-2-3-13-24)5-4-6-19(15)23-20(25)11-14-27-17-9-7-16(22)8-10-17/h4-10H,2-3,11-14H2,1H3,(H,23,25). The van der Waals surface area contributed by atoms with E-state index in [-0.39, 0.29) is 11.8 Å². The van der Waals surface area contributed by atoms with E-state index < -0.39 is 0 Å². The lowest BCUT2D eigenvalue weighted by atomic mass is 10.1. The zero-order valence-electron chi connectivity index (χ0n) is 15.3. The second-order valence-electron chi connectivity index (χ2n) is 6.58. The molecule has 27 heavy (non-hydrogen) atoms. The molecule has 0 bridgehead atoms. The first-order chi connectivity index (χ1) is 13.0. The van der Waals surface area contributed by atoms with Crippen LogP contribution in [0.4, 0.5) is 5.69 Å². The van der Waals surface area contributed by atoms with Gasteiger partial charge in [-0.05, 0) is 61.7 Å². The molecule has 2 aromatic carbocycles. The van der Waals surface area contributed by atoms with Crippen molar-refractivity contribution in [2.75, 3.05) is 24.2 Å². The quantitative estimate of drug-likeness (QED) is 0.691. The second kappa shape index (κ2) is 9.29. The Bertz CT molecular complexity index is 817. The predicted molar refractivity (Wildman–Crippen MR) is 112 cm³/mol. The van der Waals surface area contributed by atoms with Crippen molar-refractivity contribution in [1.29, 1.82) is 0 Å². The molecule has 2 amide bonds. The summed E-state index contributed by atoms with van der Waals surface area (Å²) < 4.78 is 0.